The largest absolute Gasteiger partial charge is 0.489 e. The SMILES string of the molecule is COC1=C(OC)C(=O)C(C/C=C(\C)CC/C=C(\C)CCC=C(C)C)=C([13CH3])C1=O. The Bertz CT molecular complexity index is 753. The molecule has 0 bridgehead atoms. The summed E-state index contributed by atoms with van der Waals surface area (Å²) >= 11 is 0. The van der Waals surface area contributed by atoms with E-state index in [1.54, 1.807) is 6.92 Å². The van der Waals surface area contributed by atoms with Crippen LogP contribution in [-0.2, 0) is 19.1 Å². The van der Waals surface area contributed by atoms with Gasteiger partial charge in [-0.1, -0.05) is 34.9 Å². The fraction of sp³-hybridized carbons (Fsp3) is 0.500. The van der Waals surface area contributed by atoms with E-state index in [9.17, 15) is 9.59 Å². The van der Waals surface area contributed by atoms with Crippen molar-refractivity contribution in [2.75, 3.05) is 14.2 Å². The Hall–Kier alpha value is -2.36. The zero-order valence-corrected chi connectivity index (χ0v) is 18.4. The van der Waals surface area contributed by atoms with E-state index in [1.807, 2.05) is 6.08 Å². The maximum Gasteiger partial charge on any atom is 0.228 e. The van der Waals surface area contributed by atoms with Crippen molar-refractivity contribution in [1.29, 1.82) is 0 Å². The lowest BCUT2D eigenvalue weighted by Crippen LogP contribution is -2.24. The first-order valence-corrected chi connectivity index (χ1v) is 9.78. The summed E-state index contributed by atoms with van der Waals surface area (Å²) in [5.41, 5.74) is 4.88. The van der Waals surface area contributed by atoms with Gasteiger partial charge in [-0.05, 0) is 66.7 Å². The second-order valence-corrected chi connectivity index (χ2v) is 7.49. The molecule has 0 heterocycles. The topological polar surface area (TPSA) is 52.6 Å². The monoisotopic (exact) mass is 387 g/mol. The third-order valence-electron chi connectivity index (χ3n) is 4.87. The standard InChI is InChI=1S/C24H34O4/c1-16(2)10-8-11-17(3)12-9-13-18(4)14-15-20-19(5)21(25)23(27-6)24(28-7)22(20)26/h10,12,14H,8-9,11,13,15H2,1-7H3/b17-12+,18-14+/i5+1. The second-order valence-electron chi connectivity index (χ2n) is 7.49. The van der Waals surface area contributed by atoms with Crippen molar-refractivity contribution in [3.63, 3.8) is 0 Å². The second kappa shape index (κ2) is 11.5. The fourth-order valence-corrected chi connectivity index (χ4v) is 3.05. The molecule has 0 unspecified atom stereocenters. The number of methoxy groups -OCH3 is 2. The zero-order valence-electron chi connectivity index (χ0n) is 18.4. The summed E-state index contributed by atoms with van der Waals surface area (Å²) in [4.78, 5) is 25.0. The molecule has 154 valence electrons. The summed E-state index contributed by atoms with van der Waals surface area (Å²) in [5.74, 6) is -0.567. The summed E-state index contributed by atoms with van der Waals surface area (Å²) in [5, 5.41) is 0. The number of hydrogen-bond donors (Lipinski definition) is 0. The quantitative estimate of drug-likeness (QED) is 0.271. The van der Waals surface area contributed by atoms with Gasteiger partial charge in [-0.25, -0.2) is 0 Å². The minimum absolute atomic E-state index is 0.00548. The summed E-state index contributed by atoms with van der Waals surface area (Å²) in [7, 11) is 2.75. The van der Waals surface area contributed by atoms with Crippen LogP contribution in [0.1, 0.15) is 66.7 Å². The zero-order chi connectivity index (χ0) is 21.3. The summed E-state index contributed by atoms with van der Waals surface area (Å²) in [6.45, 7) is 10.1. The van der Waals surface area contributed by atoms with Gasteiger partial charge >= 0.3 is 0 Å². The van der Waals surface area contributed by atoms with Crippen molar-refractivity contribution >= 4 is 11.6 Å². The van der Waals surface area contributed by atoms with Crippen LogP contribution in [0.4, 0.5) is 0 Å². The molecule has 0 aliphatic heterocycles. The highest BCUT2D eigenvalue weighted by Crippen LogP contribution is 2.28. The number of carbonyl (C=O) groups is 2. The van der Waals surface area contributed by atoms with Crippen molar-refractivity contribution in [2.45, 2.75) is 66.7 Å². The number of ketones is 2. The van der Waals surface area contributed by atoms with Crippen LogP contribution >= 0.6 is 0 Å². The van der Waals surface area contributed by atoms with Gasteiger partial charge in [0, 0.05) is 11.1 Å². The van der Waals surface area contributed by atoms with Crippen molar-refractivity contribution in [2.24, 2.45) is 0 Å². The lowest BCUT2D eigenvalue weighted by atomic mass is 9.92. The van der Waals surface area contributed by atoms with E-state index in [1.165, 1.54) is 30.9 Å². The van der Waals surface area contributed by atoms with Gasteiger partial charge < -0.3 is 9.47 Å². The van der Waals surface area contributed by atoms with E-state index >= 15 is 0 Å². The predicted octanol–water partition coefficient (Wildman–Crippen LogP) is 5.77. The number of ether oxygens (including phenoxy) is 2. The third-order valence-corrected chi connectivity index (χ3v) is 4.87. The van der Waals surface area contributed by atoms with Gasteiger partial charge in [0.25, 0.3) is 0 Å². The number of Topliss-reactive ketones (excluding diaryl/α,β-unsaturated/α-hetero) is 2. The van der Waals surface area contributed by atoms with Gasteiger partial charge in [-0.2, -0.15) is 0 Å². The van der Waals surface area contributed by atoms with E-state index in [0.717, 1.165) is 25.7 Å². The first kappa shape index (κ1) is 23.7. The van der Waals surface area contributed by atoms with Gasteiger partial charge in [0.2, 0.25) is 23.1 Å². The molecule has 0 aromatic rings. The molecule has 1 aliphatic carbocycles. The average molecular weight is 388 g/mol. The summed E-state index contributed by atoms with van der Waals surface area (Å²) < 4.78 is 10.2. The van der Waals surface area contributed by atoms with E-state index in [0.29, 0.717) is 17.6 Å². The van der Waals surface area contributed by atoms with Crippen LogP contribution in [0.5, 0.6) is 0 Å². The Morgan fingerprint density at radius 3 is 1.82 bits per heavy atom. The highest BCUT2D eigenvalue weighted by atomic mass is 16.5. The molecular weight excluding hydrogens is 353 g/mol. The number of rotatable bonds is 10. The minimum atomic E-state index is -0.282. The van der Waals surface area contributed by atoms with E-state index in [-0.39, 0.29) is 23.1 Å². The molecular formula is C24H34O4. The van der Waals surface area contributed by atoms with Crippen LogP contribution < -0.4 is 0 Å². The third kappa shape index (κ3) is 6.66. The highest BCUT2D eigenvalue weighted by molar-refractivity contribution is 6.23. The molecule has 0 aromatic carbocycles. The van der Waals surface area contributed by atoms with Gasteiger partial charge in [-0.3, -0.25) is 9.59 Å². The minimum Gasteiger partial charge on any atom is -0.489 e. The number of hydrogen-bond acceptors (Lipinski definition) is 4. The molecule has 28 heavy (non-hydrogen) atoms. The molecule has 0 saturated heterocycles. The lowest BCUT2D eigenvalue weighted by molar-refractivity contribution is -0.121. The summed E-state index contributed by atoms with van der Waals surface area (Å²) in [6, 6.07) is 0. The van der Waals surface area contributed by atoms with Crippen LogP contribution in [0.25, 0.3) is 0 Å². The van der Waals surface area contributed by atoms with Crippen molar-refractivity contribution in [3.05, 3.63) is 57.6 Å². The van der Waals surface area contributed by atoms with Crippen molar-refractivity contribution in [3.8, 4) is 0 Å². The Morgan fingerprint density at radius 2 is 1.29 bits per heavy atom. The summed E-state index contributed by atoms with van der Waals surface area (Å²) in [6.07, 6.45) is 11.1. The molecule has 0 spiro atoms. The highest BCUT2D eigenvalue weighted by Gasteiger charge is 2.33. The molecule has 1 aliphatic rings. The van der Waals surface area contributed by atoms with Crippen LogP contribution in [0.15, 0.2) is 57.6 Å². The molecule has 0 atom stereocenters. The maximum atomic E-state index is 12.6. The van der Waals surface area contributed by atoms with Crippen LogP contribution in [0, 0.1) is 0 Å². The first-order valence-electron chi connectivity index (χ1n) is 9.78. The predicted molar refractivity (Wildman–Crippen MR) is 114 cm³/mol. The normalized spacial score (nSPS) is 16.0. The number of carbonyl (C=O) groups excluding carboxylic acids is 2. The molecule has 0 amide bonds. The first-order chi connectivity index (χ1) is 13.2. The molecule has 1 rings (SSSR count). The van der Waals surface area contributed by atoms with Crippen LogP contribution in [0.2, 0.25) is 0 Å². The number of allylic oxidation sites excluding steroid dienone is 8. The molecule has 0 aromatic heterocycles. The van der Waals surface area contributed by atoms with E-state index in [2.05, 4.69) is 39.8 Å². The fourth-order valence-electron chi connectivity index (χ4n) is 3.05. The Kier molecular flexibility index (Phi) is 9.70. The van der Waals surface area contributed by atoms with Crippen molar-refractivity contribution in [1.82, 2.24) is 0 Å². The smallest absolute Gasteiger partial charge is 0.228 e. The lowest BCUT2D eigenvalue weighted by Gasteiger charge is -2.19. The van der Waals surface area contributed by atoms with Gasteiger partial charge in [0.05, 0.1) is 14.2 Å². The molecule has 4 heteroatoms. The Balaban J connectivity index is 2.70. The molecule has 4 nitrogen and oxygen atoms in total. The molecule has 0 radical (unpaired) electrons. The van der Waals surface area contributed by atoms with E-state index in [4.69, 9.17) is 9.47 Å². The van der Waals surface area contributed by atoms with E-state index < -0.39 is 0 Å². The van der Waals surface area contributed by atoms with Crippen LogP contribution in [0.3, 0.4) is 0 Å². The average Bonchev–Trinajstić information content (AvgIpc) is 2.64. The molecule has 0 N–H and O–H groups in total. The Morgan fingerprint density at radius 1 is 0.786 bits per heavy atom. The van der Waals surface area contributed by atoms with Gasteiger partial charge in [0.15, 0.2) is 0 Å². The Labute approximate surface area is 169 Å². The van der Waals surface area contributed by atoms with Gasteiger partial charge in [0.1, 0.15) is 0 Å². The van der Waals surface area contributed by atoms with Crippen LogP contribution in [-0.4, -0.2) is 25.8 Å². The van der Waals surface area contributed by atoms with Gasteiger partial charge in [-0.15, -0.1) is 0 Å². The maximum absolute atomic E-state index is 12.6. The molecule has 0 fully saturated rings. The molecule has 0 saturated carbocycles. The van der Waals surface area contributed by atoms with Crippen molar-refractivity contribution < 1.29 is 19.1 Å².